The maximum atomic E-state index is 12.0. The van der Waals surface area contributed by atoms with Gasteiger partial charge in [-0.3, -0.25) is 4.79 Å². The summed E-state index contributed by atoms with van der Waals surface area (Å²) in [4.78, 5) is 23.5. The maximum absolute atomic E-state index is 12.0. The van der Waals surface area contributed by atoms with Gasteiger partial charge in [-0.2, -0.15) is 0 Å². The Kier molecular flexibility index (Phi) is 5.20. The molecule has 0 saturated heterocycles. The zero-order valence-electron chi connectivity index (χ0n) is 11.9. The number of hydrogen-bond acceptors (Lipinski definition) is 5. The zero-order valence-corrected chi connectivity index (χ0v) is 12.6. The molecule has 0 radical (unpaired) electrons. The third-order valence-corrected chi connectivity index (χ3v) is 3.68. The second-order valence-corrected chi connectivity index (χ2v) is 5.34. The number of hydrogen-bond donors (Lipinski definition) is 0. The van der Waals surface area contributed by atoms with Crippen LogP contribution in [0, 0.1) is 5.92 Å². The van der Waals surface area contributed by atoms with E-state index < -0.39 is 18.0 Å². The average Bonchev–Trinajstić information content (AvgIpc) is 3.27. The van der Waals surface area contributed by atoms with Crippen LogP contribution < -0.4 is 0 Å². The van der Waals surface area contributed by atoms with Gasteiger partial charge in [-0.05, 0) is 30.0 Å². The lowest BCUT2D eigenvalue weighted by atomic mass is 10.1. The molecule has 0 aliphatic heterocycles. The molecular formula is C15H17ClO5. The second kappa shape index (κ2) is 6.91. The van der Waals surface area contributed by atoms with E-state index in [1.807, 2.05) is 12.1 Å². The van der Waals surface area contributed by atoms with E-state index in [0.717, 1.165) is 5.56 Å². The van der Waals surface area contributed by atoms with Gasteiger partial charge in [0.25, 0.3) is 0 Å². The second-order valence-electron chi connectivity index (χ2n) is 4.90. The molecule has 3 atom stereocenters. The first-order valence-electron chi connectivity index (χ1n) is 6.59. The molecule has 0 amide bonds. The highest BCUT2D eigenvalue weighted by molar-refractivity contribution is 6.30. The fraction of sp³-hybridized carbons (Fsp3) is 0.467. The van der Waals surface area contributed by atoms with Gasteiger partial charge in [0.05, 0.1) is 19.6 Å². The van der Waals surface area contributed by atoms with Crippen molar-refractivity contribution in [2.45, 2.75) is 18.4 Å². The predicted molar refractivity (Wildman–Crippen MR) is 76.1 cm³/mol. The fourth-order valence-electron chi connectivity index (χ4n) is 2.19. The molecule has 5 nitrogen and oxygen atoms in total. The number of esters is 2. The van der Waals surface area contributed by atoms with Crippen LogP contribution in [0.4, 0.5) is 0 Å². The summed E-state index contributed by atoms with van der Waals surface area (Å²) in [5, 5.41) is 0.657. The minimum Gasteiger partial charge on any atom is -0.466 e. The van der Waals surface area contributed by atoms with Crippen molar-refractivity contribution in [1.82, 2.24) is 0 Å². The molecule has 1 aromatic carbocycles. The predicted octanol–water partition coefficient (Wildman–Crippen LogP) is 2.17. The number of ether oxygens (including phenoxy) is 3. The van der Waals surface area contributed by atoms with E-state index in [2.05, 4.69) is 4.74 Å². The van der Waals surface area contributed by atoms with Crippen LogP contribution in [0.2, 0.25) is 5.02 Å². The van der Waals surface area contributed by atoms with Crippen LogP contribution in [0.1, 0.15) is 17.9 Å². The maximum Gasteiger partial charge on any atom is 0.349 e. The first kappa shape index (κ1) is 15.8. The van der Waals surface area contributed by atoms with E-state index >= 15 is 0 Å². The number of rotatable bonds is 6. The third-order valence-electron chi connectivity index (χ3n) is 3.43. The van der Waals surface area contributed by atoms with Crippen molar-refractivity contribution in [1.29, 1.82) is 0 Å². The monoisotopic (exact) mass is 312 g/mol. The van der Waals surface area contributed by atoms with Gasteiger partial charge >= 0.3 is 11.9 Å². The molecule has 0 bridgehead atoms. The Morgan fingerprint density at radius 3 is 2.52 bits per heavy atom. The van der Waals surface area contributed by atoms with Crippen LogP contribution in [0.3, 0.4) is 0 Å². The van der Waals surface area contributed by atoms with Gasteiger partial charge in [0.2, 0.25) is 6.10 Å². The van der Waals surface area contributed by atoms with Crippen molar-refractivity contribution >= 4 is 23.5 Å². The van der Waals surface area contributed by atoms with Crippen LogP contribution in [-0.2, 0) is 23.8 Å². The molecule has 0 unspecified atom stereocenters. The van der Waals surface area contributed by atoms with E-state index in [4.69, 9.17) is 21.1 Å². The van der Waals surface area contributed by atoms with Crippen molar-refractivity contribution in [2.24, 2.45) is 5.92 Å². The molecule has 21 heavy (non-hydrogen) atoms. The molecule has 0 spiro atoms. The van der Waals surface area contributed by atoms with Gasteiger partial charge in [0, 0.05) is 12.1 Å². The van der Waals surface area contributed by atoms with E-state index in [1.54, 1.807) is 12.1 Å². The van der Waals surface area contributed by atoms with Gasteiger partial charge in [-0.25, -0.2) is 4.79 Å². The molecular weight excluding hydrogens is 296 g/mol. The van der Waals surface area contributed by atoms with Crippen LogP contribution in [0.15, 0.2) is 24.3 Å². The summed E-state index contributed by atoms with van der Waals surface area (Å²) in [5.41, 5.74) is 1.04. The molecule has 1 saturated carbocycles. The highest BCUT2D eigenvalue weighted by atomic mass is 35.5. The molecule has 1 aliphatic rings. The molecule has 0 heterocycles. The van der Waals surface area contributed by atoms with Crippen molar-refractivity contribution in [2.75, 3.05) is 20.8 Å². The average molecular weight is 313 g/mol. The number of carbonyl (C=O) groups excluding carboxylic acids is 2. The Labute approximate surface area is 128 Å². The molecule has 1 aromatic rings. The Bertz CT molecular complexity index is 513. The summed E-state index contributed by atoms with van der Waals surface area (Å²) in [6, 6.07) is 7.38. The Hall–Kier alpha value is -1.59. The highest BCUT2D eigenvalue weighted by Gasteiger charge is 2.46. The van der Waals surface area contributed by atoms with Crippen LogP contribution in [-0.4, -0.2) is 38.9 Å². The highest BCUT2D eigenvalue weighted by Crippen LogP contribution is 2.48. The van der Waals surface area contributed by atoms with Gasteiger partial charge in [0.15, 0.2) is 0 Å². The molecule has 0 aromatic heterocycles. The number of halogens is 1. The Balaban J connectivity index is 1.93. The lowest BCUT2D eigenvalue weighted by molar-refractivity contribution is -0.170. The molecule has 6 heteroatoms. The quantitative estimate of drug-likeness (QED) is 0.753. The molecule has 114 valence electrons. The SMILES string of the molecule is COC[C@H](OC(=O)[C@@H]1C[C@H]1c1ccc(Cl)cc1)C(=O)OC. The zero-order chi connectivity index (χ0) is 15.4. The fourth-order valence-corrected chi connectivity index (χ4v) is 2.32. The summed E-state index contributed by atoms with van der Waals surface area (Å²) < 4.78 is 14.6. The molecule has 1 aliphatic carbocycles. The Morgan fingerprint density at radius 2 is 1.95 bits per heavy atom. The first-order chi connectivity index (χ1) is 10.1. The minimum atomic E-state index is -1.01. The molecule has 1 fully saturated rings. The van der Waals surface area contributed by atoms with Gasteiger partial charge in [0.1, 0.15) is 0 Å². The smallest absolute Gasteiger partial charge is 0.349 e. The van der Waals surface area contributed by atoms with Crippen LogP contribution in [0.25, 0.3) is 0 Å². The molecule has 0 N–H and O–H groups in total. The van der Waals surface area contributed by atoms with Gasteiger partial charge in [-0.15, -0.1) is 0 Å². The van der Waals surface area contributed by atoms with E-state index in [0.29, 0.717) is 11.4 Å². The lowest BCUT2D eigenvalue weighted by Gasteiger charge is -2.14. The first-order valence-corrected chi connectivity index (χ1v) is 6.97. The van der Waals surface area contributed by atoms with Crippen molar-refractivity contribution in [3.8, 4) is 0 Å². The van der Waals surface area contributed by atoms with E-state index in [1.165, 1.54) is 14.2 Å². The van der Waals surface area contributed by atoms with Gasteiger partial charge < -0.3 is 14.2 Å². The molecule has 2 rings (SSSR count). The number of carbonyl (C=O) groups is 2. The van der Waals surface area contributed by atoms with Crippen molar-refractivity contribution < 1.29 is 23.8 Å². The largest absolute Gasteiger partial charge is 0.466 e. The number of benzene rings is 1. The summed E-state index contributed by atoms with van der Waals surface area (Å²) >= 11 is 5.83. The summed E-state index contributed by atoms with van der Waals surface area (Å²) in [6.07, 6.45) is -0.305. The van der Waals surface area contributed by atoms with E-state index in [-0.39, 0.29) is 18.4 Å². The normalized spacial score (nSPS) is 21.5. The van der Waals surface area contributed by atoms with Gasteiger partial charge in [-0.1, -0.05) is 23.7 Å². The summed E-state index contributed by atoms with van der Waals surface area (Å²) in [6.45, 7) is -0.0171. The van der Waals surface area contributed by atoms with Crippen molar-refractivity contribution in [3.63, 3.8) is 0 Å². The van der Waals surface area contributed by atoms with E-state index in [9.17, 15) is 9.59 Å². The summed E-state index contributed by atoms with van der Waals surface area (Å²) in [7, 11) is 2.67. The lowest BCUT2D eigenvalue weighted by Crippen LogP contribution is -2.33. The standard InChI is InChI=1S/C15H17ClO5/c1-19-8-13(15(18)20-2)21-14(17)12-7-11(12)9-3-5-10(16)6-4-9/h3-6,11-13H,7-8H2,1-2H3/t11-,12+,13-/m0/s1. The topological polar surface area (TPSA) is 61.8 Å². The summed E-state index contributed by atoms with van der Waals surface area (Å²) in [5.74, 6) is -1.12. The van der Waals surface area contributed by atoms with Crippen molar-refractivity contribution in [3.05, 3.63) is 34.9 Å². The van der Waals surface area contributed by atoms with Crippen LogP contribution >= 0.6 is 11.6 Å². The minimum absolute atomic E-state index is 0.0171. The number of methoxy groups -OCH3 is 2. The Morgan fingerprint density at radius 1 is 1.29 bits per heavy atom. The van der Waals surface area contributed by atoms with Crippen LogP contribution in [0.5, 0.6) is 0 Å². The third kappa shape index (κ3) is 3.95.